The standard InChI is InChI=1S/C52H67N3O11/c1-48(2,3)63-41(58)18-16-35(29-56)54-40(57)20-22-53-47(60)52-27-38-42-43(65-51(64-42)24-32-12-8-9-13-33(32)25-51)45(52)66-55(44(52)46(59)61-38)28-34-14-10-7-11-30(34)23-31-15-17-39-50(6,62-39)21-19-37-36(31)26-49(37,4)5/h7-14,23,35-39,42-45,56H,15-22,24-29H2,1-6H3,(H,53,60)(H,54,57)/t35-,36+,37+,38+,39?,42-,43-,44-,45+,50+,52-/m0/s1. The van der Waals surface area contributed by atoms with E-state index >= 15 is 0 Å². The second-order valence-electron chi connectivity index (χ2n) is 22.3. The molecule has 1 spiro atoms. The van der Waals surface area contributed by atoms with E-state index in [4.69, 9.17) is 28.5 Å². The van der Waals surface area contributed by atoms with Gasteiger partial charge in [0.05, 0.1) is 30.9 Å². The number of fused-ring (bicyclic) bond motifs is 7. The topological polar surface area (TPSA) is 174 Å². The molecule has 4 aliphatic heterocycles. The summed E-state index contributed by atoms with van der Waals surface area (Å²) in [7, 11) is 0. The minimum Gasteiger partial charge on any atom is -0.460 e. The quantitative estimate of drug-likeness (QED) is 0.177. The number of amides is 2. The van der Waals surface area contributed by atoms with Gasteiger partial charge in [0.1, 0.15) is 35.4 Å². The fourth-order valence-electron chi connectivity index (χ4n) is 12.8. The number of hydrogen-bond acceptors (Lipinski definition) is 12. The minimum atomic E-state index is -1.42. The third-order valence-electron chi connectivity index (χ3n) is 16.2. The lowest BCUT2D eigenvalue weighted by Crippen LogP contribution is -2.69. The van der Waals surface area contributed by atoms with Crippen LogP contribution in [0, 0.1) is 22.7 Å². The van der Waals surface area contributed by atoms with E-state index in [1.807, 2.05) is 24.3 Å². The number of carbonyl (C=O) groups excluding carboxylic acids is 4. The number of nitrogens with one attached hydrogen (secondary N) is 2. The average molecular weight is 910 g/mol. The summed E-state index contributed by atoms with van der Waals surface area (Å²) >= 11 is 0. The molecule has 4 aliphatic carbocycles. The average Bonchev–Trinajstić information content (AvgIpc) is 3.53. The van der Waals surface area contributed by atoms with Gasteiger partial charge in [-0.15, -0.1) is 0 Å². The Labute approximate surface area is 387 Å². The summed E-state index contributed by atoms with van der Waals surface area (Å²) in [6.45, 7) is 12.2. The third kappa shape index (κ3) is 8.31. The molecule has 4 saturated heterocycles. The normalized spacial score (nSPS) is 35.4. The molecule has 14 heteroatoms. The van der Waals surface area contributed by atoms with Gasteiger partial charge in [-0.2, -0.15) is 5.06 Å². The van der Waals surface area contributed by atoms with Gasteiger partial charge in [0.15, 0.2) is 11.8 Å². The van der Waals surface area contributed by atoms with Gasteiger partial charge in [0.2, 0.25) is 11.8 Å². The van der Waals surface area contributed by atoms with E-state index in [0.29, 0.717) is 24.7 Å². The van der Waals surface area contributed by atoms with Crippen LogP contribution in [-0.2, 0) is 67.1 Å². The van der Waals surface area contributed by atoms with E-state index in [9.17, 15) is 24.3 Å². The molecule has 10 rings (SSSR count). The highest BCUT2D eigenvalue weighted by molar-refractivity contribution is 5.94. The van der Waals surface area contributed by atoms with Crippen LogP contribution in [0.25, 0.3) is 6.08 Å². The van der Waals surface area contributed by atoms with Crippen LogP contribution in [0.4, 0.5) is 0 Å². The van der Waals surface area contributed by atoms with Gasteiger partial charge in [-0.1, -0.05) is 74.0 Å². The number of benzene rings is 2. The summed E-state index contributed by atoms with van der Waals surface area (Å²) in [6.07, 6.45) is 6.25. The Hall–Kier alpha value is -4.18. The molecule has 356 valence electrons. The SMILES string of the molecule is CC(C)(C)OC(=O)CC[C@@H](CO)NC(=O)CCNC(=O)[C@@]12C[C@H]3OC(=O)[C@@H]1N(Cc1ccccc1C=C1CCC4O[C@]4(C)CC[C@@H]4[C@@H]1CC4(C)C)O[C@@H]2[C@H]1OC2(Cc4ccccc4C2)O[C@H]13. The number of hydrogen-bond donors (Lipinski definition) is 3. The molecule has 14 nitrogen and oxygen atoms in total. The molecule has 11 atom stereocenters. The summed E-state index contributed by atoms with van der Waals surface area (Å²) in [5, 5.41) is 17.4. The molecular formula is C52H67N3O11. The van der Waals surface area contributed by atoms with Crippen molar-refractivity contribution in [2.45, 2.75) is 178 Å². The van der Waals surface area contributed by atoms with Crippen molar-refractivity contribution in [1.82, 2.24) is 15.7 Å². The summed E-state index contributed by atoms with van der Waals surface area (Å²) in [5.74, 6) is -1.74. The zero-order valence-corrected chi connectivity index (χ0v) is 39.3. The maximum Gasteiger partial charge on any atom is 0.327 e. The number of aliphatic hydroxyl groups is 1. The van der Waals surface area contributed by atoms with Crippen LogP contribution >= 0.6 is 0 Å². The fourth-order valence-corrected chi connectivity index (χ4v) is 12.8. The summed E-state index contributed by atoms with van der Waals surface area (Å²) in [5.41, 5.74) is 3.88. The van der Waals surface area contributed by atoms with Crippen LogP contribution in [0.2, 0.25) is 0 Å². The lowest BCUT2D eigenvalue weighted by Gasteiger charge is -2.53. The highest BCUT2D eigenvalue weighted by Crippen LogP contribution is 2.61. The number of carbonyl (C=O) groups is 4. The van der Waals surface area contributed by atoms with Crippen molar-refractivity contribution in [3.8, 4) is 0 Å². The van der Waals surface area contributed by atoms with Crippen molar-refractivity contribution < 1.29 is 52.8 Å². The van der Waals surface area contributed by atoms with Crippen LogP contribution in [0.3, 0.4) is 0 Å². The van der Waals surface area contributed by atoms with Gasteiger partial charge in [-0.3, -0.25) is 24.0 Å². The van der Waals surface area contributed by atoms with E-state index in [1.165, 1.54) is 5.57 Å². The maximum absolute atomic E-state index is 15.0. The molecule has 2 bridgehead atoms. The van der Waals surface area contributed by atoms with Crippen LogP contribution in [0.1, 0.15) is 122 Å². The highest BCUT2D eigenvalue weighted by atomic mass is 16.8. The van der Waals surface area contributed by atoms with Crippen LogP contribution in [0.15, 0.2) is 54.1 Å². The Kier molecular flexibility index (Phi) is 11.6. The van der Waals surface area contributed by atoms with Gasteiger partial charge in [-0.05, 0) is 106 Å². The van der Waals surface area contributed by atoms with Crippen molar-refractivity contribution in [2.75, 3.05) is 13.2 Å². The highest BCUT2D eigenvalue weighted by Gasteiger charge is 2.76. The lowest BCUT2D eigenvalue weighted by molar-refractivity contribution is -0.217. The van der Waals surface area contributed by atoms with Crippen molar-refractivity contribution in [2.24, 2.45) is 22.7 Å². The summed E-state index contributed by atoms with van der Waals surface area (Å²) in [4.78, 5) is 62.0. The van der Waals surface area contributed by atoms with Crippen LogP contribution < -0.4 is 10.6 Å². The van der Waals surface area contributed by atoms with E-state index in [2.05, 4.69) is 61.7 Å². The van der Waals surface area contributed by atoms with Gasteiger partial charge < -0.3 is 39.4 Å². The zero-order chi connectivity index (χ0) is 46.4. The van der Waals surface area contributed by atoms with Crippen molar-refractivity contribution in [3.63, 3.8) is 0 Å². The molecule has 1 unspecified atom stereocenters. The predicted octanol–water partition coefficient (Wildman–Crippen LogP) is 5.65. The molecule has 0 aromatic heterocycles. The fraction of sp³-hybridized carbons (Fsp3) is 0.654. The first-order valence-electron chi connectivity index (χ1n) is 24.3. The molecule has 3 saturated carbocycles. The molecular weight excluding hydrogens is 843 g/mol. The Bertz CT molecular complexity index is 2260. The Morgan fingerprint density at radius 1 is 0.955 bits per heavy atom. The van der Waals surface area contributed by atoms with Gasteiger partial charge in [0, 0.05) is 38.6 Å². The molecule has 7 fully saturated rings. The number of allylic oxidation sites excluding steroid dienone is 1. The number of aliphatic hydroxyl groups excluding tert-OH is 1. The second kappa shape index (κ2) is 16.8. The lowest BCUT2D eigenvalue weighted by atomic mass is 9.52. The molecule has 2 aromatic carbocycles. The third-order valence-corrected chi connectivity index (χ3v) is 16.2. The Morgan fingerprint density at radius 3 is 2.41 bits per heavy atom. The van der Waals surface area contributed by atoms with E-state index in [0.717, 1.165) is 54.4 Å². The van der Waals surface area contributed by atoms with Gasteiger partial charge in [0.25, 0.3) is 0 Å². The maximum atomic E-state index is 15.0. The monoisotopic (exact) mass is 909 g/mol. The number of epoxide rings is 1. The van der Waals surface area contributed by atoms with Crippen LogP contribution in [0.5, 0.6) is 0 Å². The first-order chi connectivity index (χ1) is 31.4. The van der Waals surface area contributed by atoms with Gasteiger partial charge >= 0.3 is 11.9 Å². The van der Waals surface area contributed by atoms with Crippen molar-refractivity contribution in [3.05, 3.63) is 76.4 Å². The summed E-state index contributed by atoms with van der Waals surface area (Å²) in [6, 6.07) is 14.6. The Balaban J connectivity index is 0.901. The second-order valence-corrected chi connectivity index (χ2v) is 22.3. The van der Waals surface area contributed by atoms with E-state index in [1.54, 1.807) is 25.8 Å². The smallest absolute Gasteiger partial charge is 0.327 e. The Morgan fingerprint density at radius 2 is 1.68 bits per heavy atom. The molecule has 66 heavy (non-hydrogen) atoms. The van der Waals surface area contributed by atoms with Crippen LogP contribution in [-0.4, -0.2) is 107 Å². The number of esters is 2. The van der Waals surface area contributed by atoms with Crippen molar-refractivity contribution >= 4 is 29.8 Å². The van der Waals surface area contributed by atoms with E-state index < -0.39 is 77.1 Å². The molecule has 2 amide bonds. The predicted molar refractivity (Wildman–Crippen MR) is 241 cm³/mol. The molecule has 0 radical (unpaired) electrons. The first kappa shape index (κ1) is 45.6. The number of nitrogens with zero attached hydrogens (tertiary/aromatic N) is 1. The molecule has 3 N–H and O–H groups in total. The first-order valence-corrected chi connectivity index (χ1v) is 24.3. The number of hydroxylamine groups is 2. The minimum absolute atomic E-state index is 0.0162. The molecule has 2 aromatic rings. The van der Waals surface area contributed by atoms with Crippen molar-refractivity contribution in [1.29, 1.82) is 0 Å². The molecule has 4 heterocycles. The number of ether oxygens (including phenoxy) is 5. The molecule has 8 aliphatic rings. The largest absolute Gasteiger partial charge is 0.460 e. The van der Waals surface area contributed by atoms with Gasteiger partial charge in [-0.25, -0.2) is 0 Å². The number of rotatable bonds is 12. The van der Waals surface area contributed by atoms with E-state index in [-0.39, 0.29) is 62.5 Å². The zero-order valence-electron chi connectivity index (χ0n) is 39.3. The summed E-state index contributed by atoms with van der Waals surface area (Å²) < 4.78 is 31.7.